The molecule has 0 unspecified atom stereocenters. The summed E-state index contributed by atoms with van der Waals surface area (Å²) in [5.41, 5.74) is 1.22. The van der Waals surface area contributed by atoms with Gasteiger partial charge in [-0.1, -0.05) is 26.0 Å². The van der Waals surface area contributed by atoms with E-state index in [1.165, 1.54) is 5.56 Å². The number of carbonyl (C=O) groups is 1. The third-order valence-corrected chi connectivity index (χ3v) is 3.68. The van der Waals surface area contributed by atoms with E-state index in [-0.39, 0.29) is 18.9 Å². The highest BCUT2D eigenvalue weighted by Crippen LogP contribution is 2.18. The molecular formula is C19H22N2O3. The van der Waals surface area contributed by atoms with Crippen LogP contribution in [0.1, 0.15) is 37.5 Å². The molecule has 1 amide bonds. The average Bonchev–Trinajstić information content (AvgIpc) is 3.10. The van der Waals surface area contributed by atoms with Crippen molar-refractivity contribution in [2.75, 3.05) is 13.2 Å². The molecular weight excluding hydrogens is 304 g/mol. The summed E-state index contributed by atoms with van der Waals surface area (Å²) in [7, 11) is 0. The Morgan fingerprint density at radius 3 is 2.62 bits per heavy atom. The number of ether oxygens (including phenoxy) is 1. The van der Waals surface area contributed by atoms with Gasteiger partial charge in [0.05, 0.1) is 25.3 Å². The lowest BCUT2D eigenvalue weighted by molar-refractivity contribution is -0.134. The maximum atomic E-state index is 12.4. The van der Waals surface area contributed by atoms with Crippen molar-refractivity contribution < 1.29 is 13.9 Å². The van der Waals surface area contributed by atoms with Crippen molar-refractivity contribution in [2.24, 2.45) is 0 Å². The summed E-state index contributed by atoms with van der Waals surface area (Å²) >= 11 is 0. The lowest BCUT2D eigenvalue weighted by Crippen LogP contribution is -2.35. The molecule has 5 heteroatoms. The second kappa shape index (κ2) is 8.78. The fourth-order valence-electron chi connectivity index (χ4n) is 2.25. The first-order chi connectivity index (χ1) is 11.6. The van der Waals surface area contributed by atoms with Crippen LogP contribution in [-0.4, -0.2) is 24.0 Å². The van der Waals surface area contributed by atoms with Gasteiger partial charge in [-0.3, -0.25) is 4.79 Å². The molecule has 0 saturated heterocycles. The van der Waals surface area contributed by atoms with Crippen molar-refractivity contribution in [3.63, 3.8) is 0 Å². The van der Waals surface area contributed by atoms with Crippen LogP contribution < -0.4 is 4.74 Å². The summed E-state index contributed by atoms with van der Waals surface area (Å²) in [6.45, 7) is 4.88. The Morgan fingerprint density at radius 1 is 1.29 bits per heavy atom. The molecule has 0 aliphatic heterocycles. The number of carbonyl (C=O) groups excluding carboxylic acids is 1. The van der Waals surface area contributed by atoms with Gasteiger partial charge in [-0.25, -0.2) is 0 Å². The maximum Gasteiger partial charge on any atom is 0.260 e. The molecule has 0 aliphatic carbocycles. The van der Waals surface area contributed by atoms with Gasteiger partial charge in [0.15, 0.2) is 6.61 Å². The average molecular weight is 326 g/mol. The normalized spacial score (nSPS) is 10.4. The molecule has 0 fully saturated rings. The highest BCUT2D eigenvalue weighted by Gasteiger charge is 2.16. The minimum Gasteiger partial charge on any atom is -0.484 e. The van der Waals surface area contributed by atoms with Crippen LogP contribution in [0.15, 0.2) is 47.1 Å². The van der Waals surface area contributed by atoms with Gasteiger partial charge in [0, 0.05) is 6.54 Å². The molecule has 2 aromatic rings. The van der Waals surface area contributed by atoms with E-state index in [0.29, 0.717) is 30.5 Å². The second-order valence-corrected chi connectivity index (χ2v) is 5.82. The third-order valence-electron chi connectivity index (χ3n) is 3.68. The van der Waals surface area contributed by atoms with Crippen LogP contribution in [0.5, 0.6) is 5.75 Å². The number of furan rings is 1. The van der Waals surface area contributed by atoms with E-state index >= 15 is 0 Å². The van der Waals surface area contributed by atoms with Crippen LogP contribution in [0.25, 0.3) is 0 Å². The summed E-state index contributed by atoms with van der Waals surface area (Å²) in [4.78, 5) is 13.9. The molecule has 5 nitrogen and oxygen atoms in total. The van der Waals surface area contributed by atoms with Gasteiger partial charge in [-0.05, 0) is 35.7 Å². The number of nitriles is 1. The van der Waals surface area contributed by atoms with Crippen LogP contribution in [0.3, 0.4) is 0 Å². The molecule has 0 saturated carbocycles. The van der Waals surface area contributed by atoms with Crippen molar-refractivity contribution in [1.82, 2.24) is 4.90 Å². The molecule has 2 rings (SSSR count). The topological polar surface area (TPSA) is 66.5 Å². The zero-order valence-electron chi connectivity index (χ0n) is 14.1. The van der Waals surface area contributed by atoms with Gasteiger partial charge in [-0.15, -0.1) is 0 Å². The smallest absolute Gasteiger partial charge is 0.260 e. The lowest BCUT2D eigenvalue weighted by atomic mass is 10.0. The van der Waals surface area contributed by atoms with Crippen LogP contribution in [0.4, 0.5) is 0 Å². The van der Waals surface area contributed by atoms with Gasteiger partial charge in [-0.2, -0.15) is 5.26 Å². The van der Waals surface area contributed by atoms with Crippen molar-refractivity contribution >= 4 is 5.91 Å². The van der Waals surface area contributed by atoms with Gasteiger partial charge >= 0.3 is 0 Å². The molecule has 24 heavy (non-hydrogen) atoms. The Morgan fingerprint density at radius 2 is 2.04 bits per heavy atom. The molecule has 1 aromatic heterocycles. The Kier molecular flexibility index (Phi) is 6.44. The fraction of sp³-hybridized carbons (Fsp3) is 0.368. The number of amides is 1. The Hall–Kier alpha value is -2.74. The number of hydrogen-bond acceptors (Lipinski definition) is 4. The largest absolute Gasteiger partial charge is 0.484 e. The molecule has 0 bridgehead atoms. The number of rotatable bonds is 8. The van der Waals surface area contributed by atoms with Gasteiger partial charge in [0.25, 0.3) is 5.91 Å². The number of nitrogens with zero attached hydrogens (tertiary/aromatic N) is 2. The molecule has 0 radical (unpaired) electrons. The Balaban J connectivity index is 1.92. The van der Waals surface area contributed by atoms with Crippen LogP contribution in [0, 0.1) is 11.3 Å². The van der Waals surface area contributed by atoms with Gasteiger partial charge < -0.3 is 14.1 Å². The zero-order valence-corrected chi connectivity index (χ0v) is 14.1. The van der Waals surface area contributed by atoms with E-state index in [1.54, 1.807) is 23.3 Å². The SMILES string of the molecule is CC(C)c1ccc(OCC(=O)N(CCC#N)Cc2ccco2)cc1. The first kappa shape index (κ1) is 17.6. The third kappa shape index (κ3) is 5.17. The summed E-state index contributed by atoms with van der Waals surface area (Å²) in [6, 6.07) is 13.4. The molecule has 1 aromatic carbocycles. The van der Waals surface area contributed by atoms with E-state index in [0.717, 1.165) is 0 Å². The standard InChI is InChI=1S/C19H22N2O3/c1-15(2)16-6-8-17(9-7-16)24-14-19(22)21(11-4-10-20)13-18-5-3-12-23-18/h3,5-9,12,15H,4,11,13-14H2,1-2H3. The number of hydrogen-bond donors (Lipinski definition) is 0. The molecule has 0 spiro atoms. The fourth-order valence-corrected chi connectivity index (χ4v) is 2.25. The minimum absolute atomic E-state index is 0.0623. The van der Waals surface area contributed by atoms with Crippen LogP contribution in [0.2, 0.25) is 0 Å². The van der Waals surface area contributed by atoms with Crippen molar-refractivity contribution in [3.8, 4) is 11.8 Å². The highest BCUT2D eigenvalue weighted by molar-refractivity contribution is 5.77. The summed E-state index contributed by atoms with van der Waals surface area (Å²) in [5.74, 6) is 1.62. The predicted octanol–water partition coefficient (Wildman–Crippen LogP) is 3.72. The van der Waals surface area contributed by atoms with Crippen molar-refractivity contribution in [3.05, 3.63) is 54.0 Å². The lowest BCUT2D eigenvalue weighted by Gasteiger charge is -2.20. The van der Waals surface area contributed by atoms with E-state index in [2.05, 4.69) is 19.9 Å². The first-order valence-electron chi connectivity index (χ1n) is 8.00. The molecule has 0 N–H and O–H groups in total. The maximum absolute atomic E-state index is 12.4. The first-order valence-corrected chi connectivity index (χ1v) is 8.00. The van der Waals surface area contributed by atoms with Crippen LogP contribution in [-0.2, 0) is 11.3 Å². The quantitative estimate of drug-likeness (QED) is 0.741. The van der Waals surface area contributed by atoms with E-state index < -0.39 is 0 Å². The molecule has 0 atom stereocenters. The minimum atomic E-state index is -0.172. The monoisotopic (exact) mass is 326 g/mol. The predicted molar refractivity (Wildman–Crippen MR) is 90.4 cm³/mol. The van der Waals surface area contributed by atoms with Crippen molar-refractivity contribution in [1.29, 1.82) is 5.26 Å². The molecule has 0 aliphatic rings. The molecule has 126 valence electrons. The van der Waals surface area contributed by atoms with E-state index in [4.69, 9.17) is 14.4 Å². The summed E-state index contributed by atoms with van der Waals surface area (Å²) < 4.78 is 10.9. The van der Waals surface area contributed by atoms with Crippen molar-refractivity contribution in [2.45, 2.75) is 32.7 Å². The van der Waals surface area contributed by atoms with Gasteiger partial charge in [0.1, 0.15) is 11.5 Å². The Labute approximate surface area is 142 Å². The summed E-state index contributed by atoms with van der Waals surface area (Å²) in [6.07, 6.45) is 1.84. The van der Waals surface area contributed by atoms with Gasteiger partial charge in [0.2, 0.25) is 0 Å². The second-order valence-electron chi connectivity index (χ2n) is 5.82. The highest BCUT2D eigenvalue weighted by atomic mass is 16.5. The molecule has 1 heterocycles. The number of benzene rings is 1. The summed E-state index contributed by atoms with van der Waals surface area (Å²) in [5, 5.41) is 8.76. The van der Waals surface area contributed by atoms with Crippen LogP contribution >= 0.6 is 0 Å². The van der Waals surface area contributed by atoms with E-state index in [1.807, 2.05) is 24.3 Å². The van der Waals surface area contributed by atoms with E-state index in [9.17, 15) is 4.79 Å². The Bertz CT molecular complexity index is 670. The zero-order chi connectivity index (χ0) is 17.4.